The summed E-state index contributed by atoms with van der Waals surface area (Å²) in [5, 5.41) is -0.374. The summed E-state index contributed by atoms with van der Waals surface area (Å²) in [4.78, 5) is 30.3. The molecule has 0 saturated carbocycles. The van der Waals surface area contributed by atoms with Crippen LogP contribution in [0.15, 0.2) is 29.4 Å². The van der Waals surface area contributed by atoms with E-state index in [1.807, 2.05) is 0 Å². The zero-order valence-corrected chi connectivity index (χ0v) is 12.6. The number of hydrogen-bond acceptors (Lipinski definition) is 5. The molecule has 0 aromatic carbocycles. The Bertz CT molecular complexity index is 594. The molecule has 1 aromatic heterocycles. The van der Waals surface area contributed by atoms with Gasteiger partial charge in [-0.1, -0.05) is 12.7 Å². The quantitative estimate of drug-likeness (QED) is 0.261. The first-order chi connectivity index (χ1) is 9.81. The molecule has 1 aromatic rings. The third kappa shape index (κ3) is 4.60. The van der Waals surface area contributed by atoms with Crippen LogP contribution >= 0.6 is 7.60 Å². The van der Waals surface area contributed by atoms with E-state index in [1.165, 1.54) is 19.1 Å². The second-order valence-electron chi connectivity index (χ2n) is 3.97. The van der Waals surface area contributed by atoms with Crippen LogP contribution in [0.3, 0.4) is 0 Å². The molecule has 21 heavy (non-hydrogen) atoms. The summed E-state index contributed by atoms with van der Waals surface area (Å²) in [6.07, 6.45) is 2.37. The van der Waals surface area contributed by atoms with Crippen molar-refractivity contribution in [1.82, 2.24) is 0 Å². The van der Waals surface area contributed by atoms with Gasteiger partial charge in [0, 0.05) is 11.6 Å². The van der Waals surface area contributed by atoms with E-state index < -0.39 is 13.6 Å². The summed E-state index contributed by atoms with van der Waals surface area (Å²) >= 11 is 0. The molecular weight excluding hydrogens is 299 g/mol. The number of rotatable bonds is 7. The Balaban J connectivity index is 3.20. The van der Waals surface area contributed by atoms with Gasteiger partial charge in [-0.05, 0) is 13.8 Å². The Kier molecular flexibility index (Phi) is 5.96. The molecule has 8 heteroatoms. The molecule has 7 nitrogen and oxygen atoms in total. The summed E-state index contributed by atoms with van der Waals surface area (Å²) in [6, 6.07) is 1.22. The fourth-order valence-electron chi connectivity index (χ4n) is 1.52. The molecule has 0 saturated heterocycles. The van der Waals surface area contributed by atoms with Crippen molar-refractivity contribution in [3.8, 4) is 0 Å². The lowest BCUT2D eigenvalue weighted by molar-refractivity contribution is 0.0488. The van der Waals surface area contributed by atoms with E-state index >= 15 is 0 Å². The van der Waals surface area contributed by atoms with E-state index in [0.29, 0.717) is 0 Å². The van der Waals surface area contributed by atoms with Crippen molar-refractivity contribution in [2.45, 2.75) is 13.8 Å². The first-order valence-corrected chi connectivity index (χ1v) is 7.69. The molecular formula is C13H17O7P. The van der Waals surface area contributed by atoms with E-state index in [2.05, 4.69) is 6.58 Å². The van der Waals surface area contributed by atoms with E-state index in [4.69, 9.17) is 13.9 Å². The molecule has 0 fully saturated rings. The van der Waals surface area contributed by atoms with Gasteiger partial charge < -0.3 is 23.7 Å². The van der Waals surface area contributed by atoms with Gasteiger partial charge in [-0.15, -0.1) is 0 Å². The third-order valence-corrected chi connectivity index (χ3v) is 3.37. The summed E-state index contributed by atoms with van der Waals surface area (Å²) in [5.41, 5.74) is 0.0930. The van der Waals surface area contributed by atoms with Crippen molar-refractivity contribution in [2.24, 2.45) is 0 Å². The highest BCUT2D eigenvalue weighted by Gasteiger charge is 2.28. The summed E-state index contributed by atoms with van der Waals surface area (Å²) in [7, 11) is -4.61. The number of ether oxygens (including phenoxy) is 2. The van der Waals surface area contributed by atoms with Crippen molar-refractivity contribution in [1.29, 1.82) is 0 Å². The van der Waals surface area contributed by atoms with Crippen LogP contribution in [-0.4, -0.2) is 29.0 Å². The predicted molar refractivity (Wildman–Crippen MR) is 75.6 cm³/mol. The van der Waals surface area contributed by atoms with E-state index in [-0.39, 0.29) is 35.6 Å². The van der Waals surface area contributed by atoms with Crippen LogP contribution < -0.4 is 0 Å². The fourth-order valence-corrected chi connectivity index (χ4v) is 2.27. The molecule has 0 radical (unpaired) electrons. The first kappa shape index (κ1) is 17.2. The Morgan fingerprint density at radius 2 is 2.19 bits per heavy atom. The smallest absolute Gasteiger partial charge is 0.374 e. The standard InChI is InChI=1S/C13H17O7P/c1-4-6-18-8-12(21(15,16)17)10-7-11(20-9(10)3)13(14)19-5-2/h4,7-8H,1,5-6H2,2-3H3,(H2,15,16,17)/b12-8-. The molecule has 0 aliphatic rings. The lowest BCUT2D eigenvalue weighted by Crippen LogP contribution is -2.02. The van der Waals surface area contributed by atoms with Gasteiger partial charge in [0.1, 0.15) is 17.7 Å². The van der Waals surface area contributed by atoms with Crippen LogP contribution in [0.4, 0.5) is 0 Å². The van der Waals surface area contributed by atoms with Gasteiger partial charge >= 0.3 is 13.6 Å². The highest BCUT2D eigenvalue weighted by Crippen LogP contribution is 2.52. The molecule has 0 bridgehead atoms. The van der Waals surface area contributed by atoms with Gasteiger partial charge in [0.15, 0.2) is 0 Å². The molecule has 0 unspecified atom stereocenters. The Labute approximate surface area is 122 Å². The molecule has 2 N–H and O–H groups in total. The highest BCUT2D eigenvalue weighted by atomic mass is 31.2. The second-order valence-corrected chi connectivity index (χ2v) is 5.54. The normalized spacial score (nSPS) is 12.1. The maximum atomic E-state index is 11.6. The van der Waals surface area contributed by atoms with Crippen LogP contribution in [0.2, 0.25) is 0 Å². The van der Waals surface area contributed by atoms with Crippen molar-refractivity contribution in [3.63, 3.8) is 0 Å². The number of carbonyl (C=O) groups excluding carboxylic acids is 1. The molecule has 1 rings (SSSR count). The number of carbonyl (C=O) groups is 1. The average molecular weight is 316 g/mol. The zero-order valence-electron chi connectivity index (χ0n) is 11.7. The highest BCUT2D eigenvalue weighted by molar-refractivity contribution is 7.63. The van der Waals surface area contributed by atoms with E-state index in [1.54, 1.807) is 6.92 Å². The predicted octanol–water partition coefficient (Wildman–Crippen LogP) is 2.44. The molecule has 116 valence electrons. The molecule has 0 aliphatic carbocycles. The van der Waals surface area contributed by atoms with Crippen LogP contribution in [0.5, 0.6) is 0 Å². The molecule has 0 amide bonds. The Hall–Kier alpha value is -1.82. The Morgan fingerprint density at radius 3 is 2.71 bits per heavy atom. The van der Waals surface area contributed by atoms with Crippen molar-refractivity contribution < 1.29 is 33.0 Å². The number of esters is 1. The van der Waals surface area contributed by atoms with Crippen molar-refractivity contribution in [3.05, 3.63) is 42.1 Å². The third-order valence-electron chi connectivity index (χ3n) is 2.39. The van der Waals surface area contributed by atoms with Gasteiger partial charge in [0.05, 0.1) is 12.9 Å². The van der Waals surface area contributed by atoms with Crippen LogP contribution in [0, 0.1) is 6.92 Å². The monoisotopic (exact) mass is 316 g/mol. The van der Waals surface area contributed by atoms with E-state index in [0.717, 1.165) is 6.26 Å². The van der Waals surface area contributed by atoms with Crippen LogP contribution in [0.25, 0.3) is 5.31 Å². The maximum Gasteiger partial charge on any atom is 0.374 e. The minimum absolute atomic E-state index is 0.0884. The first-order valence-electron chi connectivity index (χ1n) is 6.08. The minimum Gasteiger partial charge on any atom is -0.496 e. The number of aryl methyl sites for hydroxylation is 1. The summed E-state index contributed by atoms with van der Waals surface area (Å²) in [5.74, 6) is -0.661. The van der Waals surface area contributed by atoms with Crippen molar-refractivity contribution >= 4 is 18.9 Å². The molecule has 0 atom stereocenters. The molecule has 0 spiro atoms. The van der Waals surface area contributed by atoms with Crippen LogP contribution in [-0.2, 0) is 14.0 Å². The number of hydrogen-bond donors (Lipinski definition) is 2. The molecule has 0 aliphatic heterocycles. The summed E-state index contributed by atoms with van der Waals surface area (Å²) < 4.78 is 26.5. The lowest BCUT2D eigenvalue weighted by Gasteiger charge is -2.08. The van der Waals surface area contributed by atoms with E-state index in [9.17, 15) is 19.1 Å². The van der Waals surface area contributed by atoms with Gasteiger partial charge in [-0.2, -0.15) is 0 Å². The van der Waals surface area contributed by atoms with Gasteiger partial charge in [0.2, 0.25) is 5.76 Å². The topological polar surface area (TPSA) is 106 Å². The maximum absolute atomic E-state index is 11.6. The van der Waals surface area contributed by atoms with Crippen LogP contribution in [0.1, 0.15) is 28.8 Å². The van der Waals surface area contributed by atoms with Gasteiger partial charge in [0.25, 0.3) is 0 Å². The van der Waals surface area contributed by atoms with Gasteiger partial charge in [-0.25, -0.2) is 4.79 Å². The van der Waals surface area contributed by atoms with Gasteiger partial charge in [-0.3, -0.25) is 4.57 Å². The average Bonchev–Trinajstić information content (AvgIpc) is 2.75. The SMILES string of the molecule is C=CCO/C=C(/c1cc(C(=O)OCC)oc1C)P(=O)(O)O. The lowest BCUT2D eigenvalue weighted by atomic mass is 10.2. The summed E-state index contributed by atoms with van der Waals surface area (Å²) in [6.45, 7) is 6.80. The van der Waals surface area contributed by atoms with Crippen molar-refractivity contribution in [2.75, 3.05) is 13.2 Å². The largest absolute Gasteiger partial charge is 0.496 e. The number of furan rings is 1. The second kappa shape index (κ2) is 7.26. The molecule has 1 heterocycles. The fraction of sp³-hybridized carbons (Fsp3) is 0.308. The Morgan fingerprint density at radius 1 is 1.52 bits per heavy atom. The zero-order chi connectivity index (χ0) is 16.0. The minimum atomic E-state index is -4.61.